The highest BCUT2D eigenvalue weighted by Gasteiger charge is 2.04. The van der Waals surface area contributed by atoms with Crippen LogP contribution in [0, 0.1) is 0 Å². The molecule has 16 heavy (non-hydrogen) atoms. The molecule has 0 aliphatic carbocycles. The van der Waals surface area contributed by atoms with Crippen LogP contribution < -0.4 is 0 Å². The second-order valence-electron chi connectivity index (χ2n) is 3.94. The molecule has 2 heterocycles. The first-order valence-corrected chi connectivity index (χ1v) is 6.95. The fourth-order valence-corrected chi connectivity index (χ4v) is 3.95. The van der Waals surface area contributed by atoms with E-state index >= 15 is 0 Å². The van der Waals surface area contributed by atoms with Crippen LogP contribution in [0.3, 0.4) is 0 Å². The number of hydrogen-bond acceptors (Lipinski definition) is 2. The van der Waals surface area contributed by atoms with Gasteiger partial charge in [0.15, 0.2) is 0 Å². The van der Waals surface area contributed by atoms with Gasteiger partial charge in [0, 0.05) is 14.8 Å². The predicted molar refractivity (Wildman–Crippen MR) is 74.7 cm³/mol. The Bertz CT molecular complexity index is 804. The molecule has 76 valence electrons. The second kappa shape index (κ2) is 3.06. The molecular formula is C14H8S2. The average molecular weight is 240 g/mol. The first-order valence-electron chi connectivity index (χ1n) is 5.19. The van der Waals surface area contributed by atoms with Gasteiger partial charge in [-0.25, -0.2) is 0 Å². The maximum Gasteiger partial charge on any atom is 0.0421 e. The molecule has 0 spiro atoms. The van der Waals surface area contributed by atoms with Gasteiger partial charge in [0.05, 0.1) is 0 Å². The molecule has 0 nitrogen and oxygen atoms in total. The zero-order valence-electron chi connectivity index (χ0n) is 8.44. The van der Waals surface area contributed by atoms with E-state index in [1.165, 1.54) is 30.9 Å². The topological polar surface area (TPSA) is 0 Å². The predicted octanol–water partition coefficient (Wildman–Crippen LogP) is 5.27. The SMILES string of the molecule is c1cc2cc3c(ccc4ccsc43)cc2s1. The van der Waals surface area contributed by atoms with E-state index in [1.54, 1.807) is 0 Å². The van der Waals surface area contributed by atoms with Gasteiger partial charge in [0.1, 0.15) is 0 Å². The second-order valence-corrected chi connectivity index (χ2v) is 5.80. The van der Waals surface area contributed by atoms with Crippen molar-refractivity contribution in [1.82, 2.24) is 0 Å². The molecule has 0 unspecified atom stereocenters. The van der Waals surface area contributed by atoms with E-state index in [-0.39, 0.29) is 0 Å². The fourth-order valence-electron chi connectivity index (χ4n) is 2.21. The lowest BCUT2D eigenvalue weighted by molar-refractivity contribution is 1.93. The minimum atomic E-state index is 1.35. The first kappa shape index (κ1) is 8.74. The van der Waals surface area contributed by atoms with Crippen LogP contribution in [0.5, 0.6) is 0 Å². The third kappa shape index (κ3) is 1.09. The highest BCUT2D eigenvalue weighted by Crippen LogP contribution is 2.33. The molecule has 0 aliphatic rings. The molecule has 4 aromatic rings. The monoisotopic (exact) mass is 240 g/mol. The van der Waals surface area contributed by atoms with E-state index in [4.69, 9.17) is 0 Å². The van der Waals surface area contributed by atoms with Gasteiger partial charge in [-0.3, -0.25) is 0 Å². The average Bonchev–Trinajstić information content (AvgIpc) is 2.94. The number of thiophene rings is 2. The largest absolute Gasteiger partial charge is 0.144 e. The van der Waals surface area contributed by atoms with Gasteiger partial charge in [-0.05, 0) is 51.2 Å². The van der Waals surface area contributed by atoms with Crippen LogP contribution in [0.2, 0.25) is 0 Å². The van der Waals surface area contributed by atoms with Crippen molar-refractivity contribution in [3.63, 3.8) is 0 Å². The summed E-state index contributed by atoms with van der Waals surface area (Å²) in [5, 5.41) is 9.78. The standard InChI is InChI=1S/C14H8S2/c1-2-10-8-13-11(4-5-15-13)7-12(10)14-9(1)3-6-16-14/h1-8H. The summed E-state index contributed by atoms with van der Waals surface area (Å²) in [6.07, 6.45) is 0. The van der Waals surface area contributed by atoms with Gasteiger partial charge in [0.2, 0.25) is 0 Å². The third-order valence-corrected chi connectivity index (χ3v) is 4.85. The molecule has 0 atom stereocenters. The minimum absolute atomic E-state index is 1.35. The first-order chi connectivity index (χ1) is 7.92. The smallest absolute Gasteiger partial charge is 0.0421 e. The van der Waals surface area contributed by atoms with Gasteiger partial charge in [-0.15, -0.1) is 22.7 Å². The Morgan fingerprint density at radius 1 is 0.688 bits per heavy atom. The molecule has 0 radical (unpaired) electrons. The number of hydrogen-bond donors (Lipinski definition) is 0. The summed E-state index contributed by atoms with van der Waals surface area (Å²) < 4.78 is 2.79. The van der Waals surface area contributed by atoms with Crippen LogP contribution >= 0.6 is 22.7 Å². The van der Waals surface area contributed by atoms with Crippen molar-refractivity contribution >= 4 is 53.6 Å². The van der Waals surface area contributed by atoms with Gasteiger partial charge in [-0.1, -0.05) is 12.1 Å². The van der Waals surface area contributed by atoms with E-state index in [2.05, 4.69) is 47.2 Å². The highest BCUT2D eigenvalue weighted by atomic mass is 32.1. The van der Waals surface area contributed by atoms with Crippen LogP contribution in [0.1, 0.15) is 0 Å². The summed E-state index contributed by atoms with van der Waals surface area (Å²) in [5.41, 5.74) is 0. The summed E-state index contributed by atoms with van der Waals surface area (Å²) in [6.45, 7) is 0. The van der Waals surface area contributed by atoms with E-state index in [0.717, 1.165) is 0 Å². The Morgan fingerprint density at radius 3 is 2.50 bits per heavy atom. The van der Waals surface area contributed by atoms with Gasteiger partial charge in [-0.2, -0.15) is 0 Å². The van der Waals surface area contributed by atoms with Gasteiger partial charge in [0.25, 0.3) is 0 Å². The van der Waals surface area contributed by atoms with Crippen molar-refractivity contribution in [2.75, 3.05) is 0 Å². The van der Waals surface area contributed by atoms with E-state index in [9.17, 15) is 0 Å². The van der Waals surface area contributed by atoms with Crippen LogP contribution in [0.4, 0.5) is 0 Å². The molecule has 2 aromatic carbocycles. The van der Waals surface area contributed by atoms with E-state index in [0.29, 0.717) is 0 Å². The Labute approximate surface area is 101 Å². The molecule has 0 fully saturated rings. The number of rotatable bonds is 0. The highest BCUT2D eigenvalue weighted by molar-refractivity contribution is 7.18. The molecule has 0 bridgehead atoms. The Morgan fingerprint density at radius 2 is 1.50 bits per heavy atom. The normalized spacial score (nSPS) is 11.8. The van der Waals surface area contributed by atoms with E-state index < -0.39 is 0 Å². The summed E-state index contributed by atoms with van der Waals surface area (Å²) >= 11 is 3.64. The van der Waals surface area contributed by atoms with Crippen LogP contribution in [0.15, 0.2) is 47.2 Å². The Hall–Kier alpha value is -1.38. The lowest BCUT2D eigenvalue weighted by Crippen LogP contribution is -1.72. The molecule has 0 N–H and O–H groups in total. The van der Waals surface area contributed by atoms with Crippen LogP contribution in [-0.2, 0) is 0 Å². The molecule has 2 aromatic heterocycles. The van der Waals surface area contributed by atoms with Gasteiger partial charge >= 0.3 is 0 Å². The summed E-state index contributed by atoms with van der Waals surface area (Å²) in [7, 11) is 0. The lowest BCUT2D eigenvalue weighted by atomic mass is 10.1. The lowest BCUT2D eigenvalue weighted by Gasteiger charge is -2.00. The zero-order chi connectivity index (χ0) is 10.5. The fraction of sp³-hybridized carbons (Fsp3) is 0. The van der Waals surface area contributed by atoms with Crippen molar-refractivity contribution in [1.29, 1.82) is 0 Å². The maximum absolute atomic E-state index is 2.32. The quantitative estimate of drug-likeness (QED) is 0.393. The van der Waals surface area contributed by atoms with Gasteiger partial charge < -0.3 is 0 Å². The number of benzene rings is 2. The molecule has 2 heteroatoms. The summed E-state index contributed by atoms with van der Waals surface area (Å²) in [6, 6.07) is 13.5. The van der Waals surface area contributed by atoms with Crippen LogP contribution in [-0.4, -0.2) is 0 Å². The zero-order valence-corrected chi connectivity index (χ0v) is 10.1. The van der Waals surface area contributed by atoms with Crippen molar-refractivity contribution in [2.24, 2.45) is 0 Å². The molecule has 0 aliphatic heterocycles. The molecule has 0 saturated carbocycles. The summed E-state index contributed by atoms with van der Waals surface area (Å²) in [5.74, 6) is 0. The molecule has 0 saturated heterocycles. The summed E-state index contributed by atoms with van der Waals surface area (Å²) in [4.78, 5) is 0. The minimum Gasteiger partial charge on any atom is -0.144 e. The molecular weight excluding hydrogens is 232 g/mol. The maximum atomic E-state index is 2.32. The van der Waals surface area contributed by atoms with E-state index in [1.807, 2.05) is 22.7 Å². The van der Waals surface area contributed by atoms with Crippen molar-refractivity contribution in [3.05, 3.63) is 47.2 Å². The Balaban J connectivity index is 2.33. The number of fused-ring (bicyclic) bond motifs is 4. The van der Waals surface area contributed by atoms with Crippen molar-refractivity contribution in [2.45, 2.75) is 0 Å². The van der Waals surface area contributed by atoms with Crippen LogP contribution in [0.25, 0.3) is 30.9 Å². The molecule has 4 rings (SSSR count). The van der Waals surface area contributed by atoms with Crippen molar-refractivity contribution in [3.8, 4) is 0 Å². The third-order valence-electron chi connectivity index (χ3n) is 3.01. The van der Waals surface area contributed by atoms with Crippen molar-refractivity contribution < 1.29 is 0 Å². The Kier molecular flexibility index (Phi) is 1.67. The molecule has 0 amide bonds.